The van der Waals surface area contributed by atoms with Gasteiger partial charge in [-0.3, -0.25) is 29.3 Å². The van der Waals surface area contributed by atoms with Gasteiger partial charge in [0.25, 0.3) is 5.91 Å². The lowest BCUT2D eigenvalue weighted by molar-refractivity contribution is -0.141. The van der Waals surface area contributed by atoms with E-state index in [0.717, 1.165) is 5.56 Å². The number of aromatic nitrogens is 1. The maximum Gasteiger partial charge on any atom is 0.355 e. The molecule has 3 N–H and O–H groups in total. The molecule has 0 saturated carbocycles. The number of ether oxygens (including phenoxy) is 1. The summed E-state index contributed by atoms with van der Waals surface area (Å²) in [5.41, 5.74) is 2.29. The Labute approximate surface area is 307 Å². The maximum absolute atomic E-state index is 14.0. The average Bonchev–Trinajstić information content (AvgIpc) is 3.61. The highest BCUT2D eigenvalue weighted by Crippen LogP contribution is 2.35. The van der Waals surface area contributed by atoms with Crippen molar-refractivity contribution in [3.63, 3.8) is 0 Å². The predicted molar refractivity (Wildman–Crippen MR) is 195 cm³/mol. The van der Waals surface area contributed by atoms with Crippen molar-refractivity contribution in [1.82, 2.24) is 25.4 Å². The second-order valence-electron chi connectivity index (χ2n) is 13.9. The van der Waals surface area contributed by atoms with Gasteiger partial charge < -0.3 is 24.8 Å². The first-order chi connectivity index (χ1) is 24.7. The fraction of sp³-hybridized carbons (Fsp3) is 0.436. The smallest absolute Gasteiger partial charge is 0.355 e. The molecule has 0 bridgehead atoms. The molecule has 52 heavy (non-hydrogen) atoms. The third-order valence-electron chi connectivity index (χ3n) is 9.02. The highest BCUT2D eigenvalue weighted by Gasteiger charge is 2.40. The van der Waals surface area contributed by atoms with Gasteiger partial charge in [-0.1, -0.05) is 35.6 Å². The first-order valence-corrected chi connectivity index (χ1v) is 18.0. The van der Waals surface area contributed by atoms with Gasteiger partial charge in [0.15, 0.2) is 0 Å². The minimum atomic E-state index is -1.13. The lowest BCUT2D eigenvalue weighted by Gasteiger charge is -2.33. The fourth-order valence-electron chi connectivity index (χ4n) is 6.70. The fourth-order valence-corrected chi connectivity index (χ4v) is 6.87. The van der Waals surface area contributed by atoms with Gasteiger partial charge in [-0.2, -0.15) is 0 Å². The van der Waals surface area contributed by atoms with Crippen molar-refractivity contribution in [3.8, 4) is 11.8 Å². The second-order valence-corrected chi connectivity index (χ2v) is 14.3. The molecule has 0 radical (unpaired) electrons. The van der Waals surface area contributed by atoms with E-state index < -0.39 is 35.4 Å². The summed E-state index contributed by atoms with van der Waals surface area (Å²) in [7, 11) is 0. The third-order valence-corrected chi connectivity index (χ3v) is 9.26. The van der Waals surface area contributed by atoms with E-state index in [1.807, 2.05) is 26.8 Å². The van der Waals surface area contributed by atoms with Gasteiger partial charge in [0, 0.05) is 70.5 Å². The number of carbonyl (C=O) groups is 6. The number of hydrogen-bond acceptors (Lipinski definition) is 7. The number of benzene rings is 2. The number of carbonyl (C=O) groups excluding carboxylic acids is 6. The number of piperidine rings is 1. The Morgan fingerprint density at radius 2 is 1.88 bits per heavy atom. The quantitative estimate of drug-likeness (QED) is 0.106. The molecule has 3 heterocycles. The summed E-state index contributed by atoms with van der Waals surface area (Å²) in [6, 6.07) is 8.54. The number of nitrogens with zero attached hydrogens (tertiary/aromatic N) is 2. The van der Waals surface area contributed by atoms with Crippen molar-refractivity contribution < 1.29 is 33.5 Å². The van der Waals surface area contributed by atoms with Gasteiger partial charge in [0.05, 0.1) is 6.61 Å². The predicted octanol–water partition coefficient (Wildman–Crippen LogP) is 5.18. The maximum atomic E-state index is 14.0. The Hall–Kier alpha value is -5.15. The number of rotatable bonds is 11. The number of unbranched alkanes of at least 4 members (excludes halogenated alkanes) is 2. The van der Waals surface area contributed by atoms with E-state index in [0.29, 0.717) is 51.9 Å². The van der Waals surface area contributed by atoms with Crippen LogP contribution in [0.1, 0.15) is 117 Å². The van der Waals surface area contributed by atoms with Crippen molar-refractivity contribution in [2.75, 3.05) is 13.2 Å². The molecule has 2 aliphatic rings. The molecule has 3 aromatic rings. The zero-order valence-electron chi connectivity index (χ0n) is 30.1. The van der Waals surface area contributed by atoms with Crippen LogP contribution in [0.4, 0.5) is 0 Å². The molecule has 0 spiro atoms. The van der Waals surface area contributed by atoms with Crippen molar-refractivity contribution in [2.24, 2.45) is 0 Å². The molecule has 5 amide bonds. The average molecular weight is 730 g/mol. The standard InChI is InChI=1S/C39H44ClN5O7/c1-6-44(34(36(49)43-39(3,4)5)32-26-18-17-24(40)21-28(26)41-33(32)38(51)52-7-2)31(47)16-11-9-8-10-13-23-14-12-15-25-27(23)22-45(37(25)50)29-19-20-30(46)42-35(29)48/h12,14-15,17-18,21,29,34,41H,6-9,11,16,19-20,22H2,1-5H3,(H,43,49)(H,42,46,48). The van der Waals surface area contributed by atoms with Gasteiger partial charge in [-0.05, 0) is 83.7 Å². The molecule has 1 aromatic heterocycles. The SMILES string of the molecule is CCOC(=O)c1[nH]c2cc(Cl)ccc2c1C(C(=O)NC(C)(C)C)N(CC)C(=O)CCCCC#Cc1cccc2c1CN(C1CCC(=O)NC1=O)C2=O. The lowest BCUT2D eigenvalue weighted by Crippen LogP contribution is -2.52. The van der Waals surface area contributed by atoms with Crippen LogP contribution in [0, 0.1) is 11.8 Å². The molecule has 2 atom stereocenters. The molecule has 2 aliphatic heterocycles. The molecule has 13 heteroatoms. The monoisotopic (exact) mass is 729 g/mol. The minimum Gasteiger partial charge on any atom is -0.461 e. The molecular weight excluding hydrogens is 686 g/mol. The van der Waals surface area contributed by atoms with Crippen LogP contribution in [0.5, 0.6) is 0 Å². The van der Waals surface area contributed by atoms with Crippen molar-refractivity contribution in [2.45, 2.75) is 97.3 Å². The zero-order chi connectivity index (χ0) is 37.7. The van der Waals surface area contributed by atoms with Crippen LogP contribution in [0.25, 0.3) is 10.9 Å². The highest BCUT2D eigenvalue weighted by atomic mass is 35.5. The van der Waals surface area contributed by atoms with Crippen molar-refractivity contribution in [1.29, 1.82) is 0 Å². The molecule has 1 fully saturated rings. The Morgan fingerprint density at radius 3 is 2.58 bits per heavy atom. The van der Waals surface area contributed by atoms with Crippen LogP contribution in [0.3, 0.4) is 0 Å². The number of imide groups is 1. The molecule has 12 nitrogen and oxygen atoms in total. The van der Waals surface area contributed by atoms with E-state index in [2.05, 4.69) is 27.5 Å². The number of hydrogen-bond donors (Lipinski definition) is 3. The highest BCUT2D eigenvalue weighted by molar-refractivity contribution is 6.31. The summed E-state index contributed by atoms with van der Waals surface area (Å²) in [5.74, 6) is 3.94. The Balaban J connectivity index is 1.30. The van der Waals surface area contributed by atoms with Crippen molar-refractivity contribution >= 4 is 58.0 Å². The number of nitrogens with one attached hydrogen (secondary N) is 3. The van der Waals surface area contributed by atoms with Crippen LogP contribution < -0.4 is 10.6 Å². The van der Waals surface area contributed by atoms with E-state index in [1.165, 1.54) is 9.80 Å². The molecule has 2 unspecified atom stereocenters. The number of halogens is 1. The van der Waals surface area contributed by atoms with E-state index in [4.69, 9.17) is 16.3 Å². The van der Waals surface area contributed by atoms with Crippen molar-refractivity contribution in [3.05, 3.63) is 69.4 Å². The molecule has 5 rings (SSSR count). The second kappa shape index (κ2) is 16.0. The minimum absolute atomic E-state index is 0.0871. The summed E-state index contributed by atoms with van der Waals surface area (Å²) in [5, 5.41) is 6.34. The van der Waals surface area contributed by atoms with Crippen LogP contribution in [0.2, 0.25) is 5.02 Å². The Bertz CT molecular complexity index is 1990. The molecule has 2 aromatic carbocycles. The van der Waals surface area contributed by atoms with Gasteiger partial charge in [-0.15, -0.1) is 0 Å². The van der Waals surface area contributed by atoms with Gasteiger partial charge >= 0.3 is 5.97 Å². The van der Waals surface area contributed by atoms with Crippen LogP contribution in [-0.4, -0.2) is 75.0 Å². The third kappa shape index (κ3) is 8.31. The Morgan fingerprint density at radius 1 is 1.12 bits per heavy atom. The Kier molecular flexibility index (Phi) is 11.7. The van der Waals surface area contributed by atoms with Crippen LogP contribution in [0.15, 0.2) is 36.4 Å². The summed E-state index contributed by atoms with van der Waals surface area (Å²) < 4.78 is 5.34. The number of fused-ring (bicyclic) bond motifs is 2. The van der Waals surface area contributed by atoms with E-state index in [-0.39, 0.29) is 62.4 Å². The topological polar surface area (TPSA) is 158 Å². The number of aromatic amines is 1. The van der Waals surface area contributed by atoms with E-state index in [1.54, 1.807) is 44.2 Å². The summed E-state index contributed by atoms with van der Waals surface area (Å²) in [4.78, 5) is 84.4. The number of H-pyrrole nitrogens is 1. The normalized spacial score (nSPS) is 16.2. The summed E-state index contributed by atoms with van der Waals surface area (Å²) in [6.07, 6.45) is 2.20. The summed E-state index contributed by atoms with van der Waals surface area (Å²) in [6.45, 7) is 9.58. The number of esters is 1. The molecular formula is C39H44ClN5O7. The van der Waals surface area contributed by atoms with Gasteiger partial charge in [0.1, 0.15) is 17.8 Å². The van der Waals surface area contributed by atoms with Gasteiger partial charge in [0.2, 0.25) is 23.6 Å². The van der Waals surface area contributed by atoms with E-state index >= 15 is 0 Å². The van der Waals surface area contributed by atoms with E-state index in [9.17, 15) is 28.8 Å². The largest absolute Gasteiger partial charge is 0.461 e. The van der Waals surface area contributed by atoms with Crippen LogP contribution >= 0.6 is 11.6 Å². The lowest BCUT2D eigenvalue weighted by atomic mass is 9.97. The number of likely N-dealkylation sites (N-methyl/N-ethyl adjacent to an activating group) is 1. The first kappa shape index (κ1) is 38.1. The molecule has 0 aliphatic carbocycles. The summed E-state index contributed by atoms with van der Waals surface area (Å²) >= 11 is 6.27. The number of amides is 5. The first-order valence-electron chi connectivity index (χ1n) is 17.6. The zero-order valence-corrected chi connectivity index (χ0v) is 30.9. The van der Waals surface area contributed by atoms with Crippen LogP contribution in [-0.2, 0) is 30.5 Å². The van der Waals surface area contributed by atoms with Gasteiger partial charge in [-0.25, -0.2) is 4.79 Å². The molecule has 1 saturated heterocycles. The molecule has 274 valence electrons.